The van der Waals surface area contributed by atoms with Gasteiger partial charge in [-0.05, 0) is 0 Å². The Kier molecular flexibility index (Phi) is 5.42. The lowest BCUT2D eigenvalue weighted by molar-refractivity contribution is -0.126. The quantitative estimate of drug-likeness (QED) is 0.609. The summed E-state index contributed by atoms with van der Waals surface area (Å²) in [6.07, 6.45) is 3.22. The molecule has 1 aromatic rings. The zero-order chi connectivity index (χ0) is 10.9. The maximum atomic E-state index is 11.2. The van der Waals surface area contributed by atoms with Crippen molar-refractivity contribution in [3.63, 3.8) is 0 Å². The van der Waals surface area contributed by atoms with Crippen molar-refractivity contribution in [1.82, 2.24) is 15.3 Å². The lowest BCUT2D eigenvalue weighted by Crippen LogP contribution is -2.27. The summed E-state index contributed by atoms with van der Waals surface area (Å²) >= 11 is 0. The summed E-state index contributed by atoms with van der Waals surface area (Å²) in [6, 6.07) is 0. The third-order valence-electron chi connectivity index (χ3n) is 1.70. The first-order chi connectivity index (χ1) is 7.33. The average Bonchev–Trinajstić information content (AvgIpc) is 2.74. The number of rotatable bonds is 7. The molecule has 0 atom stereocenters. The SMILES string of the molecule is COCCOCC(=O)NCc1cnc[nH]1. The molecule has 1 amide bonds. The number of nitrogens with zero attached hydrogens (tertiary/aromatic N) is 1. The van der Waals surface area contributed by atoms with E-state index in [1.165, 1.54) is 0 Å². The summed E-state index contributed by atoms with van der Waals surface area (Å²) in [4.78, 5) is 17.9. The molecule has 1 aromatic heterocycles. The van der Waals surface area contributed by atoms with Crippen LogP contribution in [-0.4, -0.2) is 42.8 Å². The van der Waals surface area contributed by atoms with Crippen molar-refractivity contribution < 1.29 is 14.3 Å². The minimum absolute atomic E-state index is 0.0531. The van der Waals surface area contributed by atoms with Gasteiger partial charge in [-0.3, -0.25) is 4.79 Å². The van der Waals surface area contributed by atoms with Gasteiger partial charge in [0.25, 0.3) is 0 Å². The number of hydrogen-bond donors (Lipinski definition) is 2. The summed E-state index contributed by atoms with van der Waals surface area (Å²) < 4.78 is 9.82. The summed E-state index contributed by atoms with van der Waals surface area (Å²) in [5.41, 5.74) is 0.861. The van der Waals surface area contributed by atoms with Crippen molar-refractivity contribution in [3.05, 3.63) is 18.2 Å². The monoisotopic (exact) mass is 213 g/mol. The van der Waals surface area contributed by atoms with Crippen LogP contribution in [0.1, 0.15) is 5.69 Å². The summed E-state index contributed by atoms with van der Waals surface area (Å²) in [5, 5.41) is 2.69. The number of imidazole rings is 1. The van der Waals surface area contributed by atoms with Gasteiger partial charge in [0.2, 0.25) is 5.91 Å². The van der Waals surface area contributed by atoms with Crippen molar-refractivity contribution in [2.45, 2.75) is 6.54 Å². The van der Waals surface area contributed by atoms with E-state index in [-0.39, 0.29) is 12.5 Å². The molecule has 0 aliphatic heterocycles. The predicted molar refractivity (Wildman–Crippen MR) is 53.1 cm³/mol. The van der Waals surface area contributed by atoms with Gasteiger partial charge in [0.15, 0.2) is 0 Å². The molecular formula is C9H15N3O3. The van der Waals surface area contributed by atoms with Gasteiger partial charge in [0.1, 0.15) is 6.61 Å². The Morgan fingerprint density at radius 1 is 1.60 bits per heavy atom. The number of amides is 1. The van der Waals surface area contributed by atoms with Crippen LogP contribution in [0.25, 0.3) is 0 Å². The molecule has 0 unspecified atom stereocenters. The van der Waals surface area contributed by atoms with Crippen LogP contribution < -0.4 is 5.32 Å². The summed E-state index contributed by atoms with van der Waals surface area (Å²) in [5.74, 6) is -0.152. The minimum Gasteiger partial charge on any atom is -0.382 e. The van der Waals surface area contributed by atoms with Gasteiger partial charge in [-0.2, -0.15) is 0 Å². The van der Waals surface area contributed by atoms with Gasteiger partial charge in [0.05, 0.1) is 31.8 Å². The first kappa shape index (κ1) is 11.7. The molecule has 0 aromatic carbocycles. The van der Waals surface area contributed by atoms with E-state index >= 15 is 0 Å². The lowest BCUT2D eigenvalue weighted by Gasteiger charge is -2.04. The highest BCUT2D eigenvalue weighted by Crippen LogP contribution is 1.88. The number of hydrogen-bond acceptors (Lipinski definition) is 4. The van der Waals surface area contributed by atoms with Crippen molar-refractivity contribution in [1.29, 1.82) is 0 Å². The summed E-state index contributed by atoms with van der Waals surface area (Å²) in [7, 11) is 1.58. The van der Waals surface area contributed by atoms with E-state index in [1.807, 2.05) is 0 Å². The van der Waals surface area contributed by atoms with Crippen LogP contribution in [0, 0.1) is 0 Å². The Balaban J connectivity index is 2.04. The van der Waals surface area contributed by atoms with Crippen molar-refractivity contribution in [2.75, 3.05) is 26.9 Å². The molecule has 6 heteroatoms. The fourth-order valence-electron chi connectivity index (χ4n) is 0.933. The van der Waals surface area contributed by atoms with E-state index in [0.29, 0.717) is 19.8 Å². The van der Waals surface area contributed by atoms with E-state index in [4.69, 9.17) is 9.47 Å². The Morgan fingerprint density at radius 3 is 3.13 bits per heavy atom. The zero-order valence-electron chi connectivity index (χ0n) is 8.66. The maximum Gasteiger partial charge on any atom is 0.246 e. The molecule has 84 valence electrons. The summed E-state index contributed by atoms with van der Waals surface area (Å²) in [6.45, 7) is 1.41. The van der Waals surface area contributed by atoms with Crippen molar-refractivity contribution >= 4 is 5.91 Å². The molecule has 0 fully saturated rings. The van der Waals surface area contributed by atoms with Gasteiger partial charge in [-0.25, -0.2) is 4.98 Å². The van der Waals surface area contributed by atoms with Crippen LogP contribution in [-0.2, 0) is 20.8 Å². The van der Waals surface area contributed by atoms with E-state index in [2.05, 4.69) is 15.3 Å². The average molecular weight is 213 g/mol. The Morgan fingerprint density at radius 2 is 2.47 bits per heavy atom. The van der Waals surface area contributed by atoms with Gasteiger partial charge >= 0.3 is 0 Å². The Hall–Kier alpha value is -1.40. The number of carbonyl (C=O) groups is 1. The molecule has 0 saturated carbocycles. The smallest absolute Gasteiger partial charge is 0.246 e. The fraction of sp³-hybridized carbons (Fsp3) is 0.556. The van der Waals surface area contributed by atoms with Crippen LogP contribution >= 0.6 is 0 Å². The molecule has 1 rings (SSSR count). The molecule has 0 spiro atoms. The van der Waals surface area contributed by atoms with E-state index in [9.17, 15) is 4.79 Å². The largest absolute Gasteiger partial charge is 0.382 e. The molecule has 0 bridgehead atoms. The number of methoxy groups -OCH3 is 1. The number of H-pyrrole nitrogens is 1. The number of nitrogens with one attached hydrogen (secondary N) is 2. The van der Waals surface area contributed by atoms with E-state index < -0.39 is 0 Å². The second kappa shape index (κ2) is 6.97. The number of carbonyl (C=O) groups excluding carboxylic acids is 1. The fourth-order valence-corrected chi connectivity index (χ4v) is 0.933. The van der Waals surface area contributed by atoms with Crippen LogP contribution in [0.3, 0.4) is 0 Å². The molecule has 1 heterocycles. The highest BCUT2D eigenvalue weighted by atomic mass is 16.5. The first-order valence-electron chi connectivity index (χ1n) is 4.63. The van der Waals surface area contributed by atoms with Crippen molar-refractivity contribution in [2.24, 2.45) is 0 Å². The topological polar surface area (TPSA) is 76.2 Å². The van der Waals surface area contributed by atoms with Gasteiger partial charge in [0, 0.05) is 13.3 Å². The van der Waals surface area contributed by atoms with Crippen LogP contribution in [0.5, 0.6) is 0 Å². The predicted octanol–water partition coefficient (Wildman–Crippen LogP) is -0.311. The Bertz CT molecular complexity index is 274. The zero-order valence-corrected chi connectivity index (χ0v) is 8.66. The van der Waals surface area contributed by atoms with Crippen LogP contribution in [0.4, 0.5) is 0 Å². The van der Waals surface area contributed by atoms with E-state index in [0.717, 1.165) is 5.69 Å². The van der Waals surface area contributed by atoms with Gasteiger partial charge in [-0.1, -0.05) is 0 Å². The molecule has 0 radical (unpaired) electrons. The molecular weight excluding hydrogens is 198 g/mol. The number of aromatic nitrogens is 2. The standard InChI is InChI=1S/C9H15N3O3/c1-14-2-3-15-6-9(13)11-5-8-4-10-7-12-8/h4,7H,2-3,5-6H2,1H3,(H,10,12)(H,11,13). The molecule has 0 aliphatic carbocycles. The van der Waals surface area contributed by atoms with Gasteiger partial charge < -0.3 is 19.8 Å². The highest BCUT2D eigenvalue weighted by molar-refractivity contribution is 5.77. The van der Waals surface area contributed by atoms with Crippen LogP contribution in [0.15, 0.2) is 12.5 Å². The minimum atomic E-state index is -0.152. The Labute approximate surface area is 88.0 Å². The molecule has 0 saturated heterocycles. The van der Waals surface area contributed by atoms with E-state index in [1.54, 1.807) is 19.6 Å². The van der Waals surface area contributed by atoms with Crippen LogP contribution in [0.2, 0.25) is 0 Å². The number of ether oxygens (including phenoxy) is 2. The first-order valence-corrected chi connectivity index (χ1v) is 4.63. The molecule has 2 N–H and O–H groups in total. The van der Waals surface area contributed by atoms with Gasteiger partial charge in [-0.15, -0.1) is 0 Å². The third kappa shape index (κ3) is 5.14. The van der Waals surface area contributed by atoms with Crippen molar-refractivity contribution in [3.8, 4) is 0 Å². The third-order valence-corrected chi connectivity index (χ3v) is 1.70. The highest BCUT2D eigenvalue weighted by Gasteiger charge is 2.01. The molecule has 0 aliphatic rings. The number of aromatic amines is 1. The maximum absolute atomic E-state index is 11.2. The second-order valence-electron chi connectivity index (χ2n) is 2.90. The molecule has 6 nitrogen and oxygen atoms in total. The lowest BCUT2D eigenvalue weighted by atomic mass is 10.4. The second-order valence-corrected chi connectivity index (χ2v) is 2.90. The normalized spacial score (nSPS) is 10.2. The molecule has 15 heavy (non-hydrogen) atoms.